The zero-order valence-corrected chi connectivity index (χ0v) is 16.9. The van der Waals surface area contributed by atoms with Gasteiger partial charge in [0.05, 0.1) is 10.6 Å². The summed E-state index contributed by atoms with van der Waals surface area (Å²) in [7, 11) is 0. The Hall–Kier alpha value is -2.51. The van der Waals surface area contributed by atoms with Crippen LogP contribution in [-0.2, 0) is 14.3 Å². The number of hydrogen-bond donors (Lipinski definition) is 2. The van der Waals surface area contributed by atoms with Gasteiger partial charge >= 0.3 is 5.97 Å². The monoisotopic (exact) mass is 420 g/mol. The molecule has 2 amide bonds. The summed E-state index contributed by atoms with van der Waals surface area (Å²) in [4.78, 5) is 36.8. The Morgan fingerprint density at radius 2 is 1.75 bits per heavy atom. The second kappa shape index (κ2) is 11.4. The summed E-state index contributed by atoms with van der Waals surface area (Å²) in [6.07, 6.45) is 2.27. The van der Waals surface area contributed by atoms with E-state index in [0.717, 1.165) is 0 Å². The molecule has 1 atom stereocenters. The maximum Gasteiger partial charge on any atom is 0.329 e. The second-order valence-corrected chi connectivity index (χ2v) is 7.20. The number of halogens is 1. The average molecular weight is 421 g/mol. The van der Waals surface area contributed by atoms with Crippen LogP contribution in [0.4, 0.5) is 5.69 Å². The first-order valence-corrected chi connectivity index (χ1v) is 10.3. The van der Waals surface area contributed by atoms with Gasteiger partial charge in [0.1, 0.15) is 6.04 Å². The van der Waals surface area contributed by atoms with Crippen LogP contribution in [-0.4, -0.2) is 42.4 Å². The van der Waals surface area contributed by atoms with Crippen LogP contribution in [0.5, 0.6) is 0 Å². The minimum absolute atomic E-state index is 0.271. The minimum atomic E-state index is -0.874. The summed E-state index contributed by atoms with van der Waals surface area (Å²) in [6.45, 7) is -0.439. The van der Waals surface area contributed by atoms with E-state index in [4.69, 9.17) is 16.3 Å². The van der Waals surface area contributed by atoms with Gasteiger partial charge in [-0.3, -0.25) is 9.59 Å². The van der Waals surface area contributed by atoms with Crippen molar-refractivity contribution in [2.45, 2.75) is 12.5 Å². The quantitative estimate of drug-likeness (QED) is 0.607. The summed E-state index contributed by atoms with van der Waals surface area (Å²) in [5.41, 5.74) is 0.877. The fourth-order valence-corrected chi connectivity index (χ4v) is 3.01. The standard InChI is InChI=1S/C20H21ClN2O4S/c1-28-12-11-17(23-19(25)15-9-5-6-10-16(15)21)20(26)27-13-18(24)22-14-7-3-2-4-8-14/h2-10,17H,11-13H2,1H3,(H,22,24)(H,23,25). The van der Waals surface area contributed by atoms with Gasteiger partial charge in [-0.2, -0.15) is 11.8 Å². The number of ether oxygens (including phenoxy) is 1. The Balaban J connectivity index is 1.93. The van der Waals surface area contributed by atoms with Crippen molar-refractivity contribution in [3.05, 3.63) is 65.2 Å². The molecule has 8 heteroatoms. The Morgan fingerprint density at radius 3 is 2.43 bits per heavy atom. The number of benzene rings is 2. The number of nitrogens with one attached hydrogen (secondary N) is 2. The Kier molecular flexibility index (Phi) is 8.84. The summed E-state index contributed by atoms with van der Waals surface area (Å²) >= 11 is 7.57. The van der Waals surface area contributed by atoms with Gasteiger partial charge in [-0.1, -0.05) is 41.9 Å². The summed E-state index contributed by atoms with van der Waals surface area (Å²) in [5, 5.41) is 5.56. The van der Waals surface area contributed by atoms with Crippen LogP contribution < -0.4 is 10.6 Å². The molecule has 28 heavy (non-hydrogen) atoms. The van der Waals surface area contributed by atoms with Crippen LogP contribution >= 0.6 is 23.4 Å². The van der Waals surface area contributed by atoms with E-state index in [1.165, 1.54) is 11.8 Å². The molecule has 0 saturated heterocycles. The number of carbonyl (C=O) groups excluding carboxylic acids is 3. The molecular formula is C20H21ClN2O4S. The molecule has 0 aliphatic heterocycles. The molecule has 0 bridgehead atoms. The predicted octanol–water partition coefficient (Wildman–Crippen LogP) is 3.37. The normalized spacial score (nSPS) is 11.4. The average Bonchev–Trinajstić information content (AvgIpc) is 2.70. The number of hydrogen-bond acceptors (Lipinski definition) is 5. The van der Waals surface area contributed by atoms with E-state index in [0.29, 0.717) is 22.9 Å². The van der Waals surface area contributed by atoms with Crippen molar-refractivity contribution in [3.8, 4) is 0 Å². The third kappa shape index (κ3) is 6.90. The molecule has 1 unspecified atom stereocenters. The highest BCUT2D eigenvalue weighted by Crippen LogP contribution is 2.15. The van der Waals surface area contributed by atoms with E-state index in [1.54, 1.807) is 48.5 Å². The van der Waals surface area contributed by atoms with Gasteiger partial charge in [-0.25, -0.2) is 4.79 Å². The molecule has 0 aliphatic carbocycles. The molecule has 0 aromatic heterocycles. The van der Waals surface area contributed by atoms with Gasteiger partial charge in [0.15, 0.2) is 6.61 Å². The van der Waals surface area contributed by atoms with E-state index in [-0.39, 0.29) is 5.56 Å². The van der Waals surface area contributed by atoms with Crippen molar-refractivity contribution in [3.63, 3.8) is 0 Å². The Morgan fingerprint density at radius 1 is 1.07 bits per heavy atom. The second-order valence-electron chi connectivity index (χ2n) is 5.81. The van der Waals surface area contributed by atoms with Gasteiger partial charge < -0.3 is 15.4 Å². The molecule has 0 spiro atoms. The number of amides is 2. The Labute approximate surface area is 173 Å². The smallest absolute Gasteiger partial charge is 0.329 e. The van der Waals surface area contributed by atoms with Crippen molar-refractivity contribution in [1.29, 1.82) is 0 Å². The Bertz CT molecular complexity index is 817. The van der Waals surface area contributed by atoms with Gasteiger partial charge in [0.25, 0.3) is 11.8 Å². The van der Waals surface area contributed by atoms with Gasteiger partial charge in [-0.15, -0.1) is 0 Å². The third-order valence-electron chi connectivity index (χ3n) is 3.72. The zero-order valence-electron chi connectivity index (χ0n) is 15.3. The molecule has 2 N–H and O–H groups in total. The number of anilines is 1. The first-order chi connectivity index (χ1) is 13.5. The number of esters is 1. The molecule has 2 aromatic rings. The molecule has 0 radical (unpaired) electrons. The lowest BCUT2D eigenvalue weighted by Crippen LogP contribution is -2.43. The number of thioether (sulfide) groups is 1. The summed E-state index contributed by atoms with van der Waals surface area (Å²) < 4.78 is 5.09. The SMILES string of the molecule is CSCCC(NC(=O)c1ccccc1Cl)C(=O)OCC(=O)Nc1ccccc1. The first-order valence-electron chi connectivity index (χ1n) is 8.57. The lowest BCUT2D eigenvalue weighted by Gasteiger charge is -2.17. The fraction of sp³-hybridized carbons (Fsp3) is 0.250. The van der Waals surface area contributed by atoms with E-state index in [9.17, 15) is 14.4 Å². The molecule has 2 rings (SSSR count). The van der Waals surface area contributed by atoms with Crippen LogP contribution in [0.25, 0.3) is 0 Å². The van der Waals surface area contributed by atoms with Gasteiger partial charge in [-0.05, 0) is 42.7 Å². The summed E-state index contributed by atoms with van der Waals surface area (Å²) in [5.74, 6) is -0.959. The first kappa shape index (κ1) is 21.8. The van der Waals surface area contributed by atoms with E-state index >= 15 is 0 Å². The van der Waals surface area contributed by atoms with Crippen LogP contribution in [0.15, 0.2) is 54.6 Å². The largest absolute Gasteiger partial charge is 0.454 e. The maximum absolute atomic E-state index is 12.4. The van der Waals surface area contributed by atoms with Crippen molar-refractivity contribution in [2.75, 3.05) is 23.9 Å². The topological polar surface area (TPSA) is 84.5 Å². The molecule has 0 fully saturated rings. The van der Waals surface area contributed by atoms with Gasteiger partial charge in [0.2, 0.25) is 0 Å². The van der Waals surface area contributed by atoms with Crippen molar-refractivity contribution in [1.82, 2.24) is 5.32 Å². The lowest BCUT2D eigenvalue weighted by molar-refractivity contribution is -0.149. The zero-order chi connectivity index (χ0) is 20.4. The van der Waals surface area contributed by atoms with E-state index < -0.39 is 30.4 Å². The third-order valence-corrected chi connectivity index (χ3v) is 4.70. The minimum Gasteiger partial charge on any atom is -0.454 e. The highest BCUT2D eigenvalue weighted by Gasteiger charge is 2.24. The lowest BCUT2D eigenvalue weighted by atomic mass is 10.1. The molecule has 0 aliphatic rings. The fourth-order valence-electron chi connectivity index (χ4n) is 2.32. The summed E-state index contributed by atoms with van der Waals surface area (Å²) in [6, 6.07) is 14.5. The highest BCUT2D eigenvalue weighted by atomic mass is 35.5. The van der Waals surface area contributed by atoms with Gasteiger partial charge in [0, 0.05) is 5.69 Å². The van der Waals surface area contributed by atoms with Crippen LogP contribution in [0.1, 0.15) is 16.8 Å². The molecule has 6 nitrogen and oxygen atoms in total. The van der Waals surface area contributed by atoms with Crippen LogP contribution in [0, 0.1) is 0 Å². The predicted molar refractivity (Wildman–Crippen MR) is 112 cm³/mol. The maximum atomic E-state index is 12.4. The molecule has 148 valence electrons. The molecular weight excluding hydrogens is 400 g/mol. The van der Waals surface area contributed by atoms with Crippen molar-refractivity contribution in [2.24, 2.45) is 0 Å². The van der Waals surface area contributed by atoms with Crippen molar-refractivity contribution >= 4 is 46.8 Å². The molecule has 2 aromatic carbocycles. The highest BCUT2D eigenvalue weighted by molar-refractivity contribution is 7.98. The van der Waals surface area contributed by atoms with Crippen LogP contribution in [0.3, 0.4) is 0 Å². The number of carbonyl (C=O) groups is 3. The molecule has 0 saturated carbocycles. The molecule has 0 heterocycles. The number of rotatable bonds is 9. The van der Waals surface area contributed by atoms with E-state index in [2.05, 4.69) is 10.6 Å². The van der Waals surface area contributed by atoms with Crippen LogP contribution in [0.2, 0.25) is 5.02 Å². The van der Waals surface area contributed by atoms with E-state index in [1.807, 2.05) is 12.3 Å². The van der Waals surface area contributed by atoms with Crippen molar-refractivity contribution < 1.29 is 19.1 Å². The number of para-hydroxylation sites is 1.